The standard InChI is InChI=1S/C18H16N4O2S/c1-12-10-14(21-24-12)11-25-16-9-8-15-19-17(13-6-4-3-5-7-13)18(23-2)22(15)20-16/h3-10H,11H2,1-2H3. The Hall–Kier alpha value is -2.80. The second kappa shape index (κ2) is 6.60. The van der Waals surface area contributed by atoms with E-state index in [2.05, 4.69) is 15.2 Å². The van der Waals surface area contributed by atoms with Gasteiger partial charge in [0.15, 0.2) is 5.65 Å². The third-order valence-electron chi connectivity index (χ3n) is 3.70. The molecule has 0 saturated heterocycles. The van der Waals surface area contributed by atoms with Crippen molar-refractivity contribution in [2.24, 2.45) is 0 Å². The molecule has 3 heterocycles. The summed E-state index contributed by atoms with van der Waals surface area (Å²) < 4.78 is 12.4. The lowest BCUT2D eigenvalue weighted by atomic mass is 10.2. The van der Waals surface area contributed by atoms with Gasteiger partial charge in [-0.05, 0) is 19.1 Å². The smallest absolute Gasteiger partial charge is 0.243 e. The van der Waals surface area contributed by atoms with Gasteiger partial charge >= 0.3 is 0 Å². The molecule has 4 rings (SSSR count). The third kappa shape index (κ3) is 3.10. The van der Waals surface area contributed by atoms with E-state index in [-0.39, 0.29) is 0 Å². The lowest BCUT2D eigenvalue weighted by molar-refractivity contribution is 0.387. The molecule has 0 aliphatic carbocycles. The Kier molecular flexibility index (Phi) is 4.15. The van der Waals surface area contributed by atoms with E-state index in [0.717, 1.165) is 33.4 Å². The van der Waals surface area contributed by atoms with Crippen LogP contribution in [0.25, 0.3) is 16.9 Å². The number of methoxy groups -OCH3 is 1. The minimum absolute atomic E-state index is 0.626. The highest BCUT2D eigenvalue weighted by Gasteiger charge is 2.16. The maximum Gasteiger partial charge on any atom is 0.243 e. The predicted octanol–water partition coefficient (Wildman–Crippen LogP) is 3.99. The molecule has 0 radical (unpaired) electrons. The van der Waals surface area contributed by atoms with Crippen LogP contribution in [0.5, 0.6) is 5.88 Å². The van der Waals surface area contributed by atoms with E-state index in [9.17, 15) is 0 Å². The molecule has 0 N–H and O–H groups in total. The number of ether oxygens (including phenoxy) is 1. The van der Waals surface area contributed by atoms with Gasteiger partial charge in [-0.25, -0.2) is 4.98 Å². The average molecular weight is 352 g/mol. The Morgan fingerprint density at radius 2 is 2.00 bits per heavy atom. The summed E-state index contributed by atoms with van der Waals surface area (Å²) in [4.78, 5) is 4.66. The van der Waals surface area contributed by atoms with Gasteiger partial charge in [0.2, 0.25) is 5.88 Å². The van der Waals surface area contributed by atoms with Crippen LogP contribution in [0.1, 0.15) is 11.5 Å². The van der Waals surface area contributed by atoms with Gasteiger partial charge in [-0.15, -0.1) is 0 Å². The number of fused-ring (bicyclic) bond motifs is 1. The summed E-state index contributed by atoms with van der Waals surface area (Å²) in [6.45, 7) is 1.88. The highest BCUT2D eigenvalue weighted by molar-refractivity contribution is 7.98. The van der Waals surface area contributed by atoms with Gasteiger partial charge in [-0.1, -0.05) is 47.3 Å². The number of aryl methyl sites for hydroxylation is 1. The first-order valence-corrected chi connectivity index (χ1v) is 8.77. The lowest BCUT2D eigenvalue weighted by Gasteiger charge is -2.04. The number of nitrogens with zero attached hydrogens (tertiary/aromatic N) is 4. The van der Waals surface area contributed by atoms with E-state index in [4.69, 9.17) is 9.26 Å². The Bertz CT molecular complexity index is 1010. The summed E-state index contributed by atoms with van der Waals surface area (Å²) in [5.74, 6) is 2.13. The van der Waals surface area contributed by atoms with Gasteiger partial charge in [-0.2, -0.15) is 9.61 Å². The molecule has 1 aromatic carbocycles. The molecule has 0 atom stereocenters. The fraction of sp³-hybridized carbons (Fsp3) is 0.167. The van der Waals surface area contributed by atoms with E-state index < -0.39 is 0 Å². The van der Waals surface area contributed by atoms with Crippen molar-refractivity contribution in [1.82, 2.24) is 19.8 Å². The zero-order valence-electron chi connectivity index (χ0n) is 13.8. The summed E-state index contributed by atoms with van der Waals surface area (Å²) in [5, 5.41) is 9.52. The molecule has 0 unspecified atom stereocenters. The molecule has 0 aliphatic heterocycles. The number of thioether (sulfide) groups is 1. The number of benzene rings is 1. The van der Waals surface area contributed by atoms with Crippen LogP contribution in [0, 0.1) is 6.92 Å². The first-order chi connectivity index (χ1) is 12.2. The van der Waals surface area contributed by atoms with E-state index in [0.29, 0.717) is 11.6 Å². The minimum Gasteiger partial charge on any atom is -0.479 e. The maximum absolute atomic E-state index is 5.58. The van der Waals surface area contributed by atoms with Crippen molar-refractivity contribution in [2.75, 3.05) is 7.11 Å². The van der Waals surface area contributed by atoms with Crippen molar-refractivity contribution in [1.29, 1.82) is 0 Å². The van der Waals surface area contributed by atoms with Crippen molar-refractivity contribution >= 4 is 17.4 Å². The maximum atomic E-state index is 5.58. The number of rotatable bonds is 5. The molecule has 0 fully saturated rings. The van der Waals surface area contributed by atoms with Crippen LogP contribution < -0.4 is 4.74 Å². The zero-order chi connectivity index (χ0) is 17.2. The van der Waals surface area contributed by atoms with Gasteiger partial charge in [0.05, 0.1) is 12.8 Å². The number of aromatic nitrogens is 4. The van der Waals surface area contributed by atoms with Crippen LogP contribution in [0.4, 0.5) is 0 Å². The highest BCUT2D eigenvalue weighted by Crippen LogP contribution is 2.31. The van der Waals surface area contributed by atoms with Gasteiger partial charge < -0.3 is 9.26 Å². The molecule has 126 valence electrons. The fourth-order valence-electron chi connectivity index (χ4n) is 2.57. The van der Waals surface area contributed by atoms with Crippen LogP contribution in [-0.2, 0) is 5.75 Å². The zero-order valence-corrected chi connectivity index (χ0v) is 14.7. The van der Waals surface area contributed by atoms with Crippen LogP contribution >= 0.6 is 11.8 Å². The van der Waals surface area contributed by atoms with Crippen molar-refractivity contribution in [3.63, 3.8) is 0 Å². The number of imidazole rings is 1. The second-order valence-electron chi connectivity index (χ2n) is 5.49. The Morgan fingerprint density at radius 1 is 1.16 bits per heavy atom. The van der Waals surface area contributed by atoms with E-state index in [1.165, 1.54) is 0 Å². The Morgan fingerprint density at radius 3 is 2.72 bits per heavy atom. The molecule has 0 spiro atoms. The van der Waals surface area contributed by atoms with Crippen LogP contribution in [-0.4, -0.2) is 26.9 Å². The molecule has 0 amide bonds. The fourth-order valence-corrected chi connectivity index (χ4v) is 3.31. The summed E-state index contributed by atoms with van der Waals surface area (Å²) in [6.07, 6.45) is 0. The van der Waals surface area contributed by atoms with Gasteiger partial charge in [0.1, 0.15) is 16.5 Å². The predicted molar refractivity (Wildman–Crippen MR) is 95.8 cm³/mol. The van der Waals surface area contributed by atoms with Crippen LogP contribution in [0.3, 0.4) is 0 Å². The van der Waals surface area contributed by atoms with Gasteiger partial charge in [0.25, 0.3) is 0 Å². The Labute approximate surface area is 148 Å². The number of hydrogen-bond acceptors (Lipinski definition) is 6. The molecule has 0 bridgehead atoms. The Balaban J connectivity index is 1.67. The van der Waals surface area contributed by atoms with Crippen LogP contribution in [0.2, 0.25) is 0 Å². The lowest BCUT2D eigenvalue weighted by Crippen LogP contribution is -1.97. The van der Waals surface area contributed by atoms with Gasteiger partial charge in [0, 0.05) is 17.4 Å². The van der Waals surface area contributed by atoms with E-state index in [1.807, 2.05) is 55.5 Å². The van der Waals surface area contributed by atoms with Gasteiger partial charge in [-0.3, -0.25) is 0 Å². The topological polar surface area (TPSA) is 65.5 Å². The largest absolute Gasteiger partial charge is 0.479 e. The van der Waals surface area contributed by atoms with Crippen LogP contribution in [0.15, 0.2) is 58.1 Å². The SMILES string of the molecule is COc1c(-c2ccccc2)nc2ccc(SCc3cc(C)on3)nn12. The molecule has 25 heavy (non-hydrogen) atoms. The molecule has 3 aromatic heterocycles. The normalized spacial score (nSPS) is 11.1. The van der Waals surface area contributed by atoms with Crippen molar-refractivity contribution < 1.29 is 9.26 Å². The number of hydrogen-bond donors (Lipinski definition) is 0. The molecule has 0 saturated carbocycles. The van der Waals surface area contributed by atoms with Crippen molar-refractivity contribution in [2.45, 2.75) is 17.7 Å². The molecule has 6 nitrogen and oxygen atoms in total. The van der Waals surface area contributed by atoms with E-state index in [1.54, 1.807) is 23.4 Å². The summed E-state index contributed by atoms with van der Waals surface area (Å²) in [7, 11) is 1.63. The highest BCUT2D eigenvalue weighted by atomic mass is 32.2. The summed E-state index contributed by atoms with van der Waals surface area (Å²) >= 11 is 1.59. The second-order valence-corrected chi connectivity index (χ2v) is 6.49. The van der Waals surface area contributed by atoms with E-state index >= 15 is 0 Å². The minimum atomic E-state index is 0.626. The molecular weight excluding hydrogens is 336 g/mol. The molecular formula is C18H16N4O2S. The average Bonchev–Trinajstić information content (AvgIpc) is 3.23. The van der Waals surface area contributed by atoms with Crippen molar-refractivity contribution in [3.05, 3.63) is 60.0 Å². The summed E-state index contributed by atoms with van der Waals surface area (Å²) in [5.41, 5.74) is 3.42. The quantitative estimate of drug-likeness (QED) is 0.506. The third-order valence-corrected chi connectivity index (χ3v) is 4.65. The first kappa shape index (κ1) is 15.7. The van der Waals surface area contributed by atoms with Crippen molar-refractivity contribution in [3.8, 4) is 17.1 Å². The summed E-state index contributed by atoms with van der Waals surface area (Å²) in [6, 6.07) is 15.8. The monoisotopic (exact) mass is 352 g/mol. The molecule has 7 heteroatoms. The first-order valence-electron chi connectivity index (χ1n) is 7.79. The molecule has 4 aromatic rings. The molecule has 0 aliphatic rings.